The van der Waals surface area contributed by atoms with Gasteiger partial charge in [-0.15, -0.1) is 11.3 Å². The highest BCUT2D eigenvalue weighted by molar-refractivity contribution is 7.17. The molecule has 0 radical (unpaired) electrons. The molecule has 1 atom stereocenters. The molecule has 2 heterocycles. The number of amides is 2. The number of carbonyl (C=O) groups excluding carboxylic acids is 3. The summed E-state index contributed by atoms with van der Waals surface area (Å²) in [6.45, 7) is 3.28. The van der Waals surface area contributed by atoms with Crippen molar-refractivity contribution in [2.24, 2.45) is 11.7 Å². The Morgan fingerprint density at radius 2 is 2.10 bits per heavy atom. The smallest absolute Gasteiger partial charge is 0.408 e. The van der Waals surface area contributed by atoms with Crippen LogP contribution < -0.4 is 16.8 Å². The van der Waals surface area contributed by atoms with Crippen molar-refractivity contribution in [3.8, 4) is 0 Å². The molecule has 0 spiro atoms. The van der Waals surface area contributed by atoms with Crippen LogP contribution in [0.25, 0.3) is 11.1 Å². The Kier molecular flexibility index (Phi) is 5.07. The number of Topliss-reactive ketones (excluding diaryl/α,β-unsaturated/α-hetero) is 1. The minimum atomic E-state index is -0.699. The van der Waals surface area contributed by atoms with Gasteiger partial charge in [0.05, 0.1) is 11.1 Å². The second-order valence-electron chi connectivity index (χ2n) is 7.66. The van der Waals surface area contributed by atoms with Crippen molar-refractivity contribution in [3.63, 3.8) is 0 Å². The molecular weight excluding hydrogens is 406 g/mol. The van der Waals surface area contributed by atoms with Crippen LogP contribution in [0.5, 0.6) is 0 Å². The normalized spacial score (nSPS) is 15.7. The van der Waals surface area contributed by atoms with Crippen molar-refractivity contribution in [3.05, 3.63) is 50.3 Å². The van der Waals surface area contributed by atoms with Gasteiger partial charge in [-0.3, -0.25) is 19.0 Å². The van der Waals surface area contributed by atoms with Gasteiger partial charge in [-0.05, 0) is 55.9 Å². The molecule has 1 aliphatic carbocycles. The standard InChI is InChI=1S/C21H21N3O5S/c1-10-3-5-13-16(7-10)30-20(18(13)19(22)27)23-17(26)9-24-14-6-4-12(11(2)25)8-15(14)29-21(24)28/h4,6,8,10H,3,5,7,9H2,1-2H3,(H2,22,27)(H,23,26). The lowest BCUT2D eigenvalue weighted by atomic mass is 9.88. The minimum Gasteiger partial charge on any atom is -0.408 e. The zero-order valence-electron chi connectivity index (χ0n) is 16.6. The van der Waals surface area contributed by atoms with Gasteiger partial charge in [0.1, 0.15) is 11.5 Å². The molecule has 1 aromatic carbocycles. The van der Waals surface area contributed by atoms with E-state index in [9.17, 15) is 19.2 Å². The molecule has 30 heavy (non-hydrogen) atoms. The van der Waals surface area contributed by atoms with Crippen LogP contribution in [0.3, 0.4) is 0 Å². The van der Waals surface area contributed by atoms with Gasteiger partial charge in [0.25, 0.3) is 5.91 Å². The molecule has 1 unspecified atom stereocenters. The summed E-state index contributed by atoms with van der Waals surface area (Å²) in [5, 5.41) is 3.17. The number of nitrogens with two attached hydrogens (primary N) is 1. The predicted octanol–water partition coefficient (Wildman–Crippen LogP) is 2.72. The van der Waals surface area contributed by atoms with Crippen LogP contribution in [0.15, 0.2) is 27.4 Å². The van der Waals surface area contributed by atoms with Crippen LogP contribution in [-0.2, 0) is 24.2 Å². The topological polar surface area (TPSA) is 124 Å². The van der Waals surface area contributed by atoms with E-state index >= 15 is 0 Å². The Hall–Kier alpha value is -3.20. The quantitative estimate of drug-likeness (QED) is 0.606. The third-order valence-corrected chi connectivity index (χ3v) is 6.56. The first-order valence-corrected chi connectivity index (χ1v) is 10.4. The summed E-state index contributed by atoms with van der Waals surface area (Å²) in [6.07, 6.45) is 2.57. The Bertz CT molecular complexity index is 1250. The van der Waals surface area contributed by atoms with Crippen LogP contribution in [0, 0.1) is 5.92 Å². The number of nitrogens with one attached hydrogen (secondary N) is 1. The highest BCUT2D eigenvalue weighted by atomic mass is 32.1. The van der Waals surface area contributed by atoms with Crippen molar-refractivity contribution >= 4 is 45.0 Å². The highest BCUT2D eigenvalue weighted by Crippen LogP contribution is 2.39. The van der Waals surface area contributed by atoms with Crippen molar-refractivity contribution < 1.29 is 18.8 Å². The van der Waals surface area contributed by atoms with Crippen LogP contribution >= 0.6 is 11.3 Å². The van der Waals surface area contributed by atoms with Gasteiger partial charge in [0.2, 0.25) is 5.91 Å². The van der Waals surface area contributed by atoms with Crippen LogP contribution in [0.1, 0.15) is 51.4 Å². The van der Waals surface area contributed by atoms with E-state index in [-0.39, 0.29) is 17.9 Å². The molecule has 156 valence electrons. The molecule has 0 bridgehead atoms. The summed E-state index contributed by atoms with van der Waals surface area (Å²) in [7, 11) is 0. The molecule has 4 rings (SSSR count). The maximum absolute atomic E-state index is 12.7. The number of fused-ring (bicyclic) bond motifs is 2. The average molecular weight is 427 g/mol. The van der Waals surface area contributed by atoms with E-state index in [1.165, 1.54) is 28.9 Å². The second kappa shape index (κ2) is 7.56. The number of benzene rings is 1. The molecule has 8 nitrogen and oxygen atoms in total. The van der Waals surface area contributed by atoms with Crippen LogP contribution in [0.4, 0.5) is 5.00 Å². The first-order chi connectivity index (χ1) is 14.2. The lowest BCUT2D eigenvalue weighted by molar-refractivity contribution is -0.116. The average Bonchev–Trinajstić information content (AvgIpc) is 3.17. The predicted molar refractivity (Wildman–Crippen MR) is 113 cm³/mol. The molecule has 3 N–H and O–H groups in total. The zero-order chi connectivity index (χ0) is 21.6. The Labute approximate surface area is 175 Å². The first-order valence-electron chi connectivity index (χ1n) is 9.63. The minimum absolute atomic E-state index is 0.153. The largest absolute Gasteiger partial charge is 0.420 e. The van der Waals surface area contributed by atoms with E-state index < -0.39 is 17.6 Å². The first kappa shape index (κ1) is 20.1. The fourth-order valence-corrected chi connectivity index (χ4v) is 5.28. The lowest BCUT2D eigenvalue weighted by Gasteiger charge is -2.18. The van der Waals surface area contributed by atoms with Gasteiger partial charge in [-0.25, -0.2) is 4.79 Å². The van der Waals surface area contributed by atoms with Crippen molar-refractivity contribution in [2.45, 2.75) is 39.7 Å². The fourth-order valence-electron chi connectivity index (χ4n) is 3.84. The van der Waals surface area contributed by atoms with Crippen molar-refractivity contribution in [2.75, 3.05) is 5.32 Å². The molecule has 0 fully saturated rings. The van der Waals surface area contributed by atoms with Crippen LogP contribution in [-0.4, -0.2) is 22.2 Å². The maximum Gasteiger partial charge on any atom is 0.420 e. The summed E-state index contributed by atoms with van der Waals surface area (Å²) in [5.41, 5.74) is 7.93. The van der Waals surface area contributed by atoms with E-state index in [2.05, 4.69) is 12.2 Å². The highest BCUT2D eigenvalue weighted by Gasteiger charge is 2.27. The Morgan fingerprint density at radius 3 is 2.80 bits per heavy atom. The van der Waals surface area contributed by atoms with Crippen LogP contribution in [0.2, 0.25) is 0 Å². The summed E-state index contributed by atoms with van der Waals surface area (Å²) < 4.78 is 6.37. The van der Waals surface area contributed by atoms with E-state index in [1.54, 1.807) is 12.1 Å². The summed E-state index contributed by atoms with van der Waals surface area (Å²) in [5.74, 6) is -1.38. The number of ketones is 1. The Morgan fingerprint density at radius 1 is 1.33 bits per heavy atom. The number of nitrogens with zero attached hydrogens (tertiary/aromatic N) is 1. The molecule has 0 aliphatic heterocycles. The van der Waals surface area contributed by atoms with Crippen molar-refractivity contribution in [1.29, 1.82) is 0 Å². The maximum atomic E-state index is 12.7. The number of thiophene rings is 1. The third kappa shape index (κ3) is 3.56. The van der Waals surface area contributed by atoms with E-state index in [0.717, 1.165) is 29.7 Å². The molecule has 3 aromatic rings. The fraction of sp³-hybridized carbons (Fsp3) is 0.333. The number of carbonyl (C=O) groups is 3. The van der Waals surface area contributed by atoms with Gasteiger partial charge in [-0.2, -0.15) is 0 Å². The van der Waals surface area contributed by atoms with E-state index in [0.29, 0.717) is 27.6 Å². The molecule has 0 saturated carbocycles. The zero-order valence-corrected chi connectivity index (χ0v) is 17.4. The molecule has 0 saturated heterocycles. The number of aromatic nitrogens is 1. The second-order valence-corrected chi connectivity index (χ2v) is 8.77. The van der Waals surface area contributed by atoms with E-state index in [4.69, 9.17) is 10.2 Å². The van der Waals surface area contributed by atoms with Crippen molar-refractivity contribution in [1.82, 2.24) is 4.57 Å². The molecule has 2 aromatic heterocycles. The number of primary amides is 1. The SMILES string of the molecule is CC(=O)c1ccc2c(c1)oc(=O)n2CC(=O)Nc1sc2c(c1C(N)=O)CCC(C)C2. The molecule has 1 aliphatic rings. The number of rotatable bonds is 5. The van der Waals surface area contributed by atoms with E-state index in [1.807, 2.05) is 0 Å². The molecule has 2 amide bonds. The number of anilines is 1. The third-order valence-electron chi connectivity index (χ3n) is 5.39. The van der Waals surface area contributed by atoms with Gasteiger partial charge in [-0.1, -0.05) is 6.92 Å². The number of hydrogen-bond acceptors (Lipinski definition) is 6. The number of oxazole rings is 1. The molecular formula is C21H21N3O5S. The summed E-state index contributed by atoms with van der Waals surface area (Å²) in [6, 6.07) is 4.63. The van der Waals surface area contributed by atoms with Gasteiger partial charge >= 0.3 is 5.76 Å². The summed E-state index contributed by atoms with van der Waals surface area (Å²) >= 11 is 1.37. The van der Waals surface area contributed by atoms with Gasteiger partial charge in [0.15, 0.2) is 11.4 Å². The number of hydrogen-bond donors (Lipinski definition) is 2. The van der Waals surface area contributed by atoms with Gasteiger partial charge < -0.3 is 15.5 Å². The summed E-state index contributed by atoms with van der Waals surface area (Å²) in [4.78, 5) is 49.6. The van der Waals surface area contributed by atoms with Gasteiger partial charge in [0, 0.05) is 10.4 Å². The Balaban J connectivity index is 1.62. The lowest BCUT2D eigenvalue weighted by Crippen LogP contribution is -2.25. The molecule has 9 heteroatoms. The monoisotopic (exact) mass is 427 g/mol.